The van der Waals surface area contributed by atoms with Crippen LogP contribution in [-0.4, -0.2) is 12.3 Å². The van der Waals surface area contributed by atoms with Crippen molar-refractivity contribution >= 4 is 23.2 Å². The number of aryl methyl sites for hydroxylation is 1. The van der Waals surface area contributed by atoms with Gasteiger partial charge in [-0.05, 0) is 36.8 Å². The molecule has 128 valence electrons. The molecule has 26 heavy (non-hydrogen) atoms. The van der Waals surface area contributed by atoms with Crippen molar-refractivity contribution in [3.63, 3.8) is 0 Å². The fourth-order valence-electron chi connectivity index (χ4n) is 3.69. The molecule has 2 aliphatic rings. The van der Waals surface area contributed by atoms with Gasteiger partial charge in [0.1, 0.15) is 5.75 Å². The lowest BCUT2D eigenvalue weighted by Gasteiger charge is -2.31. The Balaban J connectivity index is 1.70. The van der Waals surface area contributed by atoms with Crippen molar-refractivity contribution in [1.29, 1.82) is 0 Å². The van der Waals surface area contributed by atoms with Crippen molar-refractivity contribution in [3.8, 4) is 5.75 Å². The zero-order chi connectivity index (χ0) is 17.5. The average Bonchev–Trinajstić information content (AvgIpc) is 2.85. The van der Waals surface area contributed by atoms with E-state index in [1.807, 2.05) is 23.9 Å². The molecule has 2 nitrogen and oxygen atoms in total. The molecule has 0 amide bonds. The van der Waals surface area contributed by atoms with E-state index in [4.69, 9.17) is 9.73 Å². The van der Waals surface area contributed by atoms with Crippen LogP contribution in [0.3, 0.4) is 0 Å². The van der Waals surface area contributed by atoms with Gasteiger partial charge in [-0.25, -0.2) is 0 Å². The van der Waals surface area contributed by atoms with Gasteiger partial charge in [0.15, 0.2) is 0 Å². The molecular weight excluding hydrogens is 338 g/mol. The highest BCUT2D eigenvalue weighted by Crippen LogP contribution is 2.50. The van der Waals surface area contributed by atoms with Gasteiger partial charge >= 0.3 is 0 Å². The third-order valence-corrected chi connectivity index (χ3v) is 6.52. The Bertz CT molecular complexity index is 993. The van der Waals surface area contributed by atoms with E-state index < -0.39 is 0 Å². The molecule has 0 unspecified atom stereocenters. The second-order valence-corrected chi connectivity index (χ2v) is 8.01. The van der Waals surface area contributed by atoms with Gasteiger partial charge in [0.25, 0.3) is 0 Å². The third kappa shape index (κ3) is 2.63. The van der Waals surface area contributed by atoms with Crippen LogP contribution in [-0.2, 0) is 0 Å². The summed E-state index contributed by atoms with van der Waals surface area (Å²) in [6.45, 7) is 2.79. The fourth-order valence-corrected chi connectivity index (χ4v) is 5.02. The molecule has 0 aromatic heterocycles. The zero-order valence-electron chi connectivity index (χ0n) is 14.6. The molecule has 0 saturated heterocycles. The molecule has 0 fully saturated rings. The van der Waals surface area contributed by atoms with Crippen molar-refractivity contribution in [1.82, 2.24) is 0 Å². The number of benzene rings is 3. The molecule has 2 heterocycles. The van der Waals surface area contributed by atoms with Gasteiger partial charge in [-0.2, -0.15) is 0 Å². The van der Waals surface area contributed by atoms with Gasteiger partial charge < -0.3 is 4.74 Å². The molecule has 3 aromatic rings. The largest absolute Gasteiger partial charge is 0.492 e. The highest BCUT2D eigenvalue weighted by Gasteiger charge is 2.37. The molecule has 0 N–H and O–H groups in total. The zero-order valence-corrected chi connectivity index (χ0v) is 15.4. The van der Waals surface area contributed by atoms with Crippen molar-refractivity contribution in [3.05, 3.63) is 89.5 Å². The van der Waals surface area contributed by atoms with Crippen molar-refractivity contribution in [2.75, 3.05) is 6.61 Å². The Hall–Kier alpha value is -2.52. The van der Waals surface area contributed by atoms with Gasteiger partial charge in [0.2, 0.25) is 0 Å². The summed E-state index contributed by atoms with van der Waals surface area (Å²) in [6, 6.07) is 25.6. The van der Waals surface area contributed by atoms with E-state index in [1.54, 1.807) is 0 Å². The number of ether oxygens (including phenoxy) is 1. The van der Waals surface area contributed by atoms with Crippen molar-refractivity contribution in [2.24, 2.45) is 10.9 Å². The first kappa shape index (κ1) is 15.7. The number of fused-ring (bicyclic) bond motifs is 4. The predicted octanol–water partition coefficient (Wildman–Crippen LogP) is 5.97. The summed E-state index contributed by atoms with van der Waals surface area (Å²) in [5.74, 6) is 1.17. The molecule has 0 bridgehead atoms. The second kappa shape index (κ2) is 6.33. The van der Waals surface area contributed by atoms with Crippen LogP contribution in [0.2, 0.25) is 0 Å². The molecule has 3 aromatic carbocycles. The first-order valence-corrected chi connectivity index (χ1v) is 9.80. The average molecular weight is 357 g/mol. The minimum absolute atomic E-state index is 0.227. The maximum Gasteiger partial charge on any atom is 0.128 e. The maximum atomic E-state index is 6.13. The number of hydrogen-bond donors (Lipinski definition) is 0. The van der Waals surface area contributed by atoms with Gasteiger partial charge in [0.05, 0.1) is 23.9 Å². The van der Waals surface area contributed by atoms with Gasteiger partial charge in [0, 0.05) is 15.7 Å². The molecule has 0 spiro atoms. The van der Waals surface area contributed by atoms with Crippen molar-refractivity contribution in [2.45, 2.75) is 17.1 Å². The monoisotopic (exact) mass is 357 g/mol. The minimum atomic E-state index is 0.227. The van der Waals surface area contributed by atoms with Crippen LogP contribution in [0.5, 0.6) is 5.75 Å². The smallest absolute Gasteiger partial charge is 0.128 e. The summed E-state index contributed by atoms with van der Waals surface area (Å²) in [5.41, 5.74) is 5.95. The van der Waals surface area contributed by atoms with E-state index in [2.05, 4.69) is 67.6 Å². The molecule has 2 aliphatic heterocycles. The van der Waals surface area contributed by atoms with Crippen LogP contribution in [0.1, 0.15) is 21.9 Å². The molecule has 2 atom stereocenters. The molecule has 0 saturated carbocycles. The van der Waals surface area contributed by atoms with Crippen LogP contribution in [0, 0.1) is 12.8 Å². The van der Waals surface area contributed by atoms with Crippen LogP contribution in [0.4, 0.5) is 5.69 Å². The summed E-state index contributed by atoms with van der Waals surface area (Å²) in [7, 11) is 0. The first-order valence-electron chi connectivity index (χ1n) is 8.92. The molecule has 3 heteroatoms. The Morgan fingerprint density at radius 3 is 2.58 bits per heavy atom. The molecule has 0 radical (unpaired) electrons. The van der Waals surface area contributed by atoms with Crippen LogP contribution >= 0.6 is 11.8 Å². The summed E-state index contributed by atoms with van der Waals surface area (Å²) >= 11 is 1.90. The first-order chi connectivity index (χ1) is 12.8. The maximum absolute atomic E-state index is 6.13. The van der Waals surface area contributed by atoms with Gasteiger partial charge in [-0.1, -0.05) is 54.1 Å². The van der Waals surface area contributed by atoms with Crippen molar-refractivity contribution < 1.29 is 4.74 Å². The quantitative estimate of drug-likeness (QED) is 0.535. The van der Waals surface area contributed by atoms with E-state index in [-0.39, 0.29) is 11.2 Å². The third-order valence-electron chi connectivity index (χ3n) is 5.06. The topological polar surface area (TPSA) is 21.6 Å². The van der Waals surface area contributed by atoms with Crippen LogP contribution < -0.4 is 4.74 Å². The standard InChI is InChI=1S/C23H19NOS/c1-15-10-12-16(13-11-15)23-18-14-25-20-8-4-2-6-17(20)22(18)24-19-7-3-5-9-21(19)26-23/h2-13,18,23H,14H2,1H3/t18-,23-/m1/s1. The Labute approximate surface area is 157 Å². The fraction of sp³-hybridized carbons (Fsp3) is 0.174. The lowest BCUT2D eigenvalue weighted by atomic mass is 9.88. The SMILES string of the molecule is Cc1ccc([C@H]2Sc3ccccc3N=C3c4ccccc4OC[C@H]32)cc1. The van der Waals surface area contributed by atoms with E-state index in [0.29, 0.717) is 6.61 Å². The molecule has 0 aliphatic carbocycles. The van der Waals surface area contributed by atoms with Crippen LogP contribution in [0.15, 0.2) is 82.7 Å². The van der Waals surface area contributed by atoms with Gasteiger partial charge in [-0.15, -0.1) is 11.8 Å². The molecular formula is C23H19NOS. The number of aliphatic imine (C=N–C) groups is 1. The summed E-state index contributed by atoms with van der Waals surface area (Å²) in [4.78, 5) is 6.35. The number of hydrogen-bond acceptors (Lipinski definition) is 3. The summed E-state index contributed by atoms with van der Waals surface area (Å²) in [5, 5.41) is 0.284. The van der Waals surface area contributed by atoms with Crippen LogP contribution in [0.25, 0.3) is 0 Å². The van der Waals surface area contributed by atoms with Gasteiger partial charge in [-0.3, -0.25) is 4.99 Å². The molecule has 5 rings (SSSR count). The summed E-state index contributed by atoms with van der Waals surface area (Å²) < 4.78 is 6.13. The van der Waals surface area contributed by atoms with E-state index in [1.165, 1.54) is 16.0 Å². The minimum Gasteiger partial charge on any atom is -0.492 e. The summed E-state index contributed by atoms with van der Waals surface area (Å²) in [6.07, 6.45) is 0. The highest BCUT2D eigenvalue weighted by molar-refractivity contribution is 7.99. The second-order valence-electron chi connectivity index (χ2n) is 6.83. The van der Waals surface area contributed by atoms with E-state index >= 15 is 0 Å². The lowest BCUT2D eigenvalue weighted by Crippen LogP contribution is -2.31. The predicted molar refractivity (Wildman–Crippen MR) is 108 cm³/mol. The number of thioether (sulfide) groups is 1. The van der Waals surface area contributed by atoms with E-state index in [0.717, 1.165) is 22.7 Å². The highest BCUT2D eigenvalue weighted by atomic mass is 32.2. The Morgan fingerprint density at radius 1 is 0.923 bits per heavy atom. The Kier molecular flexibility index (Phi) is 3.83. The Morgan fingerprint density at radius 2 is 1.69 bits per heavy atom. The number of rotatable bonds is 1. The lowest BCUT2D eigenvalue weighted by molar-refractivity contribution is 0.271. The number of para-hydroxylation sites is 2. The normalized spacial score (nSPS) is 20.7. The van der Waals surface area contributed by atoms with E-state index in [9.17, 15) is 0 Å². The number of nitrogens with zero attached hydrogens (tertiary/aromatic N) is 1.